The van der Waals surface area contributed by atoms with E-state index in [0.29, 0.717) is 16.6 Å². The third-order valence-corrected chi connectivity index (χ3v) is 5.07. The normalized spacial score (nSPS) is 12.7. The monoisotopic (exact) mass is 336 g/mol. The zero-order chi connectivity index (χ0) is 14.0. The van der Waals surface area contributed by atoms with Gasteiger partial charge >= 0.3 is 0 Å². The van der Waals surface area contributed by atoms with Crippen LogP contribution in [0.2, 0.25) is 0 Å². The fourth-order valence-corrected chi connectivity index (χ4v) is 4.02. The number of aliphatic hydroxyl groups excluding tert-OH is 1. The molecule has 0 saturated heterocycles. The highest BCUT2D eigenvalue weighted by Gasteiger charge is 2.27. The van der Waals surface area contributed by atoms with E-state index < -0.39 is 15.6 Å². The summed E-state index contributed by atoms with van der Waals surface area (Å²) in [5.74, 6) is 0. The number of rotatable bonds is 5. The lowest BCUT2D eigenvalue weighted by Gasteiger charge is -2.25. The maximum atomic E-state index is 12.2. The van der Waals surface area contributed by atoms with Crippen LogP contribution in [0.4, 0.5) is 5.69 Å². The molecule has 18 heavy (non-hydrogen) atoms. The molecule has 0 aliphatic carbocycles. The molecule has 4 N–H and O–H groups in total. The van der Waals surface area contributed by atoms with Crippen molar-refractivity contribution in [2.45, 2.75) is 30.7 Å². The van der Waals surface area contributed by atoms with Crippen LogP contribution >= 0.6 is 15.9 Å². The number of anilines is 1. The number of nitrogen functional groups attached to an aromatic ring is 1. The summed E-state index contributed by atoms with van der Waals surface area (Å²) in [4.78, 5) is 0.128. The van der Waals surface area contributed by atoms with Gasteiger partial charge in [0.05, 0.1) is 4.90 Å². The Hall–Kier alpha value is -0.630. The molecular formula is C11H17BrN2O3S. The smallest absolute Gasteiger partial charge is 0.242 e. The van der Waals surface area contributed by atoms with E-state index >= 15 is 0 Å². The van der Waals surface area contributed by atoms with Gasteiger partial charge in [-0.15, -0.1) is 0 Å². The lowest BCUT2D eigenvalue weighted by Crippen LogP contribution is -2.44. The number of nitrogens with one attached hydrogen (secondary N) is 1. The Bertz CT molecular complexity index is 529. The van der Waals surface area contributed by atoms with Crippen LogP contribution in [0.5, 0.6) is 0 Å². The summed E-state index contributed by atoms with van der Waals surface area (Å²) in [6.07, 6.45) is 0.332. The summed E-state index contributed by atoms with van der Waals surface area (Å²) in [6, 6.07) is 4.50. The van der Waals surface area contributed by atoms with Gasteiger partial charge in [0.1, 0.15) is 0 Å². The van der Waals surface area contributed by atoms with E-state index in [1.165, 1.54) is 18.2 Å². The number of hydrogen-bond donors (Lipinski definition) is 3. The summed E-state index contributed by atoms with van der Waals surface area (Å²) in [5, 5.41) is 8.90. The van der Waals surface area contributed by atoms with Crippen LogP contribution in [0.3, 0.4) is 0 Å². The van der Waals surface area contributed by atoms with Crippen LogP contribution < -0.4 is 10.5 Å². The van der Waals surface area contributed by atoms with E-state index in [0.717, 1.165) is 0 Å². The van der Waals surface area contributed by atoms with Crippen LogP contribution in [-0.4, -0.2) is 25.7 Å². The lowest BCUT2D eigenvalue weighted by molar-refractivity contribution is 0.245. The Kier molecular flexibility index (Phi) is 4.77. The summed E-state index contributed by atoms with van der Waals surface area (Å²) in [7, 11) is -3.65. The summed E-state index contributed by atoms with van der Waals surface area (Å²) >= 11 is 3.18. The minimum atomic E-state index is -3.65. The number of aliphatic hydroxyl groups is 1. The van der Waals surface area contributed by atoms with Crippen molar-refractivity contribution in [2.24, 2.45) is 0 Å². The average molecular weight is 337 g/mol. The number of benzene rings is 1. The van der Waals surface area contributed by atoms with Crippen LogP contribution in [0, 0.1) is 0 Å². The predicted molar refractivity (Wildman–Crippen MR) is 74.7 cm³/mol. The van der Waals surface area contributed by atoms with Crippen LogP contribution in [0.25, 0.3) is 0 Å². The zero-order valence-corrected chi connectivity index (χ0v) is 12.7. The first-order chi connectivity index (χ1) is 8.18. The summed E-state index contributed by atoms with van der Waals surface area (Å²) in [6.45, 7) is 3.34. The maximum Gasteiger partial charge on any atom is 0.242 e. The molecule has 0 aliphatic rings. The zero-order valence-electron chi connectivity index (χ0n) is 10.3. The molecule has 0 heterocycles. The Morgan fingerprint density at radius 2 is 2.06 bits per heavy atom. The van der Waals surface area contributed by atoms with Crippen molar-refractivity contribution < 1.29 is 13.5 Å². The van der Waals surface area contributed by atoms with Crippen molar-refractivity contribution in [3.8, 4) is 0 Å². The number of hydrogen-bond acceptors (Lipinski definition) is 4. The fraction of sp³-hybridized carbons (Fsp3) is 0.455. The highest BCUT2D eigenvalue weighted by Crippen LogP contribution is 2.25. The minimum Gasteiger partial charge on any atom is -0.399 e. The molecule has 0 fully saturated rings. The van der Waals surface area contributed by atoms with E-state index in [2.05, 4.69) is 20.7 Å². The van der Waals surface area contributed by atoms with Crippen molar-refractivity contribution >= 4 is 31.6 Å². The molecule has 0 aromatic heterocycles. The molecule has 1 aromatic carbocycles. The molecule has 7 heteroatoms. The van der Waals surface area contributed by atoms with Gasteiger partial charge in [-0.3, -0.25) is 0 Å². The van der Waals surface area contributed by atoms with E-state index in [-0.39, 0.29) is 11.5 Å². The predicted octanol–water partition coefficient (Wildman–Crippen LogP) is 1.47. The molecule has 0 atom stereocenters. The van der Waals surface area contributed by atoms with Crippen LogP contribution in [-0.2, 0) is 10.0 Å². The van der Waals surface area contributed by atoms with Gasteiger partial charge in [0.2, 0.25) is 10.0 Å². The molecule has 0 saturated carbocycles. The molecule has 0 aliphatic heterocycles. The first-order valence-electron chi connectivity index (χ1n) is 5.38. The molecule has 0 bridgehead atoms. The summed E-state index contributed by atoms with van der Waals surface area (Å²) < 4.78 is 27.3. The van der Waals surface area contributed by atoms with Crippen molar-refractivity contribution in [3.05, 3.63) is 22.7 Å². The van der Waals surface area contributed by atoms with Gasteiger partial charge in [0, 0.05) is 22.3 Å². The van der Waals surface area contributed by atoms with Gasteiger partial charge in [-0.25, -0.2) is 13.1 Å². The Morgan fingerprint density at radius 3 is 2.56 bits per heavy atom. The molecule has 0 unspecified atom stereocenters. The van der Waals surface area contributed by atoms with Crippen molar-refractivity contribution in [2.75, 3.05) is 12.3 Å². The standard InChI is InChI=1S/C11H17BrN2O3S/c1-11(2,5-6-15)14-18(16,17)10-4-3-8(13)7-9(10)12/h3-4,7,14-15H,5-6,13H2,1-2H3. The summed E-state index contributed by atoms with van der Waals surface area (Å²) in [5.41, 5.74) is 5.34. The van der Waals surface area contributed by atoms with Crippen molar-refractivity contribution in [3.63, 3.8) is 0 Å². The lowest BCUT2D eigenvalue weighted by atomic mass is 10.0. The topological polar surface area (TPSA) is 92.4 Å². The first-order valence-corrected chi connectivity index (χ1v) is 7.65. The van der Waals surface area contributed by atoms with E-state index in [9.17, 15) is 8.42 Å². The van der Waals surface area contributed by atoms with Gasteiger partial charge in [0.25, 0.3) is 0 Å². The molecule has 102 valence electrons. The van der Waals surface area contributed by atoms with Crippen molar-refractivity contribution in [1.82, 2.24) is 4.72 Å². The molecular weight excluding hydrogens is 320 g/mol. The Balaban J connectivity index is 3.07. The number of halogens is 1. The second-order valence-corrected chi connectivity index (χ2v) is 7.16. The van der Waals surface area contributed by atoms with Crippen molar-refractivity contribution in [1.29, 1.82) is 0 Å². The molecule has 1 rings (SSSR count). The maximum absolute atomic E-state index is 12.2. The second kappa shape index (κ2) is 5.56. The highest BCUT2D eigenvalue weighted by atomic mass is 79.9. The molecule has 1 aromatic rings. The van der Waals surface area contributed by atoms with E-state index in [4.69, 9.17) is 10.8 Å². The average Bonchev–Trinajstić information content (AvgIpc) is 2.14. The molecule has 0 radical (unpaired) electrons. The Morgan fingerprint density at radius 1 is 1.44 bits per heavy atom. The molecule has 0 spiro atoms. The van der Waals surface area contributed by atoms with Gasteiger partial charge in [-0.2, -0.15) is 0 Å². The Labute approximate surface area is 116 Å². The van der Waals surface area contributed by atoms with Gasteiger partial charge < -0.3 is 10.8 Å². The fourth-order valence-electron chi connectivity index (χ4n) is 1.48. The second-order valence-electron chi connectivity index (χ2n) is 4.65. The third-order valence-electron chi connectivity index (χ3n) is 2.39. The van der Waals surface area contributed by atoms with Gasteiger partial charge in [-0.05, 0) is 54.4 Å². The minimum absolute atomic E-state index is 0.0849. The molecule has 5 nitrogen and oxygen atoms in total. The highest BCUT2D eigenvalue weighted by molar-refractivity contribution is 9.10. The quantitative estimate of drug-likeness (QED) is 0.710. The SMILES string of the molecule is CC(C)(CCO)NS(=O)(=O)c1ccc(N)cc1Br. The van der Waals surface area contributed by atoms with E-state index in [1.807, 2.05) is 0 Å². The van der Waals surface area contributed by atoms with Gasteiger partial charge in [-0.1, -0.05) is 0 Å². The van der Waals surface area contributed by atoms with Crippen LogP contribution in [0.15, 0.2) is 27.6 Å². The number of nitrogens with two attached hydrogens (primary N) is 1. The molecule has 0 amide bonds. The number of sulfonamides is 1. The van der Waals surface area contributed by atoms with E-state index in [1.54, 1.807) is 13.8 Å². The van der Waals surface area contributed by atoms with Crippen LogP contribution in [0.1, 0.15) is 20.3 Å². The third kappa shape index (κ3) is 3.94. The largest absolute Gasteiger partial charge is 0.399 e. The van der Waals surface area contributed by atoms with Gasteiger partial charge in [0.15, 0.2) is 0 Å². The first kappa shape index (κ1) is 15.4.